The van der Waals surface area contributed by atoms with Gasteiger partial charge in [-0.3, -0.25) is 0 Å². The Labute approximate surface area is 76.2 Å². The van der Waals surface area contributed by atoms with Gasteiger partial charge in [-0.05, 0) is 12.0 Å². The van der Waals surface area contributed by atoms with Gasteiger partial charge < -0.3 is 0 Å². The highest BCUT2D eigenvalue weighted by molar-refractivity contribution is 7.88. The largest absolute Gasteiger partial charge is 0.183 e. The van der Waals surface area contributed by atoms with Crippen molar-refractivity contribution in [3.63, 3.8) is 0 Å². The quantitative estimate of drug-likeness (QED) is 0.545. The van der Waals surface area contributed by atoms with Crippen LogP contribution in [0.15, 0.2) is 35.5 Å². The lowest BCUT2D eigenvalue weighted by atomic mass is 10.1. The van der Waals surface area contributed by atoms with Crippen molar-refractivity contribution < 1.29 is 3.95 Å². The fourth-order valence-electron chi connectivity index (χ4n) is 1.34. The van der Waals surface area contributed by atoms with Crippen molar-refractivity contribution >= 4 is 10.7 Å². The maximum atomic E-state index is 2.33. The van der Waals surface area contributed by atoms with Crippen molar-refractivity contribution in [2.45, 2.75) is 13.8 Å². The van der Waals surface area contributed by atoms with Crippen LogP contribution < -0.4 is 0 Å². The van der Waals surface area contributed by atoms with Crippen molar-refractivity contribution in [1.82, 2.24) is 0 Å². The molecule has 0 aromatic carbocycles. The average Bonchev–Trinajstić information content (AvgIpc) is 2.46. The second-order valence-electron chi connectivity index (χ2n) is 3.43. The number of hydrogen-bond donors (Lipinski definition) is 0. The van der Waals surface area contributed by atoms with Gasteiger partial charge in [0, 0.05) is 17.1 Å². The Morgan fingerprint density at radius 3 is 2.92 bits per heavy atom. The van der Waals surface area contributed by atoms with Crippen LogP contribution in [-0.4, -0.2) is 9.70 Å². The van der Waals surface area contributed by atoms with E-state index in [0.717, 1.165) is 0 Å². The molecule has 0 saturated carbocycles. The molecule has 0 N–H and O–H groups in total. The second-order valence-corrected chi connectivity index (χ2v) is 5.22. The van der Waals surface area contributed by atoms with E-state index < -0.39 is 0 Å². The van der Waals surface area contributed by atoms with E-state index in [1.54, 1.807) is 5.57 Å². The summed E-state index contributed by atoms with van der Waals surface area (Å²) in [5.41, 5.74) is 1.58. The molecule has 2 heteroatoms. The molecule has 12 heavy (non-hydrogen) atoms. The summed E-state index contributed by atoms with van der Waals surface area (Å²) in [6.45, 7) is 4.53. The number of rotatable bonds is 1. The summed E-state index contributed by atoms with van der Waals surface area (Å²) in [5.74, 6) is 1.93. The Kier molecular flexibility index (Phi) is 2.01. The molecule has 0 saturated heterocycles. The van der Waals surface area contributed by atoms with E-state index in [1.807, 2.05) is 0 Å². The van der Waals surface area contributed by atoms with Gasteiger partial charge in [0.25, 0.3) is 0 Å². The zero-order valence-electron chi connectivity index (χ0n) is 7.53. The van der Waals surface area contributed by atoms with E-state index in [9.17, 15) is 0 Å². The number of allylic oxidation sites excluding steroid dienone is 2. The first-order chi connectivity index (χ1) is 5.77. The van der Waals surface area contributed by atoms with Crippen LogP contribution in [0.3, 0.4) is 0 Å². The van der Waals surface area contributed by atoms with Crippen molar-refractivity contribution in [2.75, 3.05) is 5.75 Å². The molecule has 0 spiro atoms. The third kappa shape index (κ3) is 1.31. The standard InChI is InChI=1S/C10H14NS/c1-9(2)10-7-11-5-3-4-6-12(11)8-10/h3-7,9H,8H2,1-2H3/q+1. The first-order valence-electron chi connectivity index (χ1n) is 4.31. The minimum Gasteiger partial charge on any atom is -0.143 e. The van der Waals surface area contributed by atoms with E-state index >= 15 is 0 Å². The van der Waals surface area contributed by atoms with Crippen LogP contribution in [-0.2, 0) is 10.7 Å². The van der Waals surface area contributed by atoms with Crippen LogP contribution in [0.5, 0.6) is 0 Å². The summed E-state index contributed by atoms with van der Waals surface area (Å²) in [4.78, 5) is 0. The summed E-state index contributed by atoms with van der Waals surface area (Å²) in [5, 5.41) is 2.30. The smallest absolute Gasteiger partial charge is 0.143 e. The number of hydrogen-bond acceptors (Lipinski definition) is 0. The van der Waals surface area contributed by atoms with Gasteiger partial charge in [0.15, 0.2) is 12.4 Å². The topological polar surface area (TPSA) is 3.01 Å². The zero-order chi connectivity index (χ0) is 8.55. The Morgan fingerprint density at radius 1 is 1.42 bits per heavy atom. The van der Waals surface area contributed by atoms with E-state index in [2.05, 4.69) is 47.8 Å². The maximum absolute atomic E-state index is 2.33. The van der Waals surface area contributed by atoms with Gasteiger partial charge in [-0.15, -0.1) is 3.95 Å². The Hall–Kier alpha value is -0.630. The van der Waals surface area contributed by atoms with Crippen LogP contribution in [0.2, 0.25) is 0 Å². The molecule has 2 heterocycles. The van der Waals surface area contributed by atoms with Crippen LogP contribution in [0.4, 0.5) is 0 Å². The SMILES string of the molecule is CC(C)C1=C[N+]2=S(C=CC=C2)C1. The van der Waals surface area contributed by atoms with Gasteiger partial charge in [-0.1, -0.05) is 13.8 Å². The fourth-order valence-corrected chi connectivity index (χ4v) is 3.24. The summed E-state index contributed by atoms with van der Waals surface area (Å²) < 4.78 is 2.33. The molecule has 0 aliphatic carbocycles. The van der Waals surface area contributed by atoms with Crippen molar-refractivity contribution in [3.8, 4) is 0 Å². The Morgan fingerprint density at radius 2 is 2.25 bits per heavy atom. The molecular formula is C10H14NS+. The summed E-state index contributed by atoms with van der Waals surface area (Å²) >= 11 is 0. The molecule has 0 aromatic rings. The minimum atomic E-state index is 0.337. The van der Waals surface area contributed by atoms with Crippen molar-refractivity contribution in [1.29, 1.82) is 0 Å². The summed E-state index contributed by atoms with van der Waals surface area (Å²) in [7, 11) is 0.337. The van der Waals surface area contributed by atoms with Crippen molar-refractivity contribution in [3.05, 3.63) is 35.5 Å². The molecule has 2 aliphatic rings. The van der Waals surface area contributed by atoms with Gasteiger partial charge in [0.2, 0.25) is 0 Å². The monoisotopic (exact) mass is 180 g/mol. The predicted molar refractivity (Wildman–Crippen MR) is 53.7 cm³/mol. The highest BCUT2D eigenvalue weighted by Gasteiger charge is 2.22. The van der Waals surface area contributed by atoms with Crippen LogP contribution in [0, 0.1) is 5.92 Å². The highest BCUT2D eigenvalue weighted by Crippen LogP contribution is 2.20. The van der Waals surface area contributed by atoms with Crippen LogP contribution in [0.25, 0.3) is 0 Å². The van der Waals surface area contributed by atoms with Crippen LogP contribution in [0.1, 0.15) is 13.8 Å². The molecule has 1 nitrogen and oxygen atoms in total. The van der Waals surface area contributed by atoms with Gasteiger partial charge in [-0.2, -0.15) is 0 Å². The summed E-state index contributed by atoms with van der Waals surface area (Å²) in [6.07, 6.45) is 8.71. The molecule has 2 aliphatic heterocycles. The lowest BCUT2D eigenvalue weighted by Crippen LogP contribution is -2.02. The first-order valence-corrected chi connectivity index (χ1v) is 5.72. The highest BCUT2D eigenvalue weighted by atomic mass is 32.2. The first kappa shape index (κ1) is 7.99. The molecule has 0 fully saturated rings. The molecule has 64 valence electrons. The predicted octanol–water partition coefficient (Wildman–Crippen LogP) is 2.40. The van der Waals surface area contributed by atoms with Gasteiger partial charge in [0.1, 0.15) is 0 Å². The number of nitrogens with zero attached hydrogens (tertiary/aromatic N) is 1. The van der Waals surface area contributed by atoms with E-state index in [4.69, 9.17) is 0 Å². The second kappa shape index (κ2) is 3.02. The van der Waals surface area contributed by atoms with Gasteiger partial charge in [-0.25, -0.2) is 0 Å². The van der Waals surface area contributed by atoms with Gasteiger partial charge >= 0.3 is 0 Å². The third-order valence-electron chi connectivity index (χ3n) is 2.20. The molecule has 2 rings (SSSR count). The molecule has 0 radical (unpaired) electrons. The van der Waals surface area contributed by atoms with Gasteiger partial charge in [0.05, 0.1) is 16.4 Å². The van der Waals surface area contributed by atoms with E-state index in [-0.39, 0.29) is 0 Å². The molecule has 0 bridgehead atoms. The molecular weight excluding hydrogens is 166 g/mol. The maximum Gasteiger partial charge on any atom is 0.183 e. The van der Waals surface area contributed by atoms with Crippen LogP contribution >= 0.6 is 0 Å². The molecule has 1 unspecified atom stereocenters. The lowest BCUT2D eigenvalue weighted by Gasteiger charge is -2.00. The lowest BCUT2D eigenvalue weighted by molar-refractivity contribution is -0.346. The van der Waals surface area contributed by atoms with E-state index in [1.165, 1.54) is 5.75 Å². The Bertz CT molecular complexity index is 319. The average molecular weight is 180 g/mol. The third-order valence-corrected chi connectivity index (χ3v) is 4.07. The fraction of sp³-hybridized carbons (Fsp3) is 0.400. The van der Waals surface area contributed by atoms with E-state index in [0.29, 0.717) is 16.6 Å². The minimum absolute atomic E-state index is 0.337. The Balaban J connectivity index is 2.26. The molecule has 0 aromatic heterocycles. The van der Waals surface area contributed by atoms with Crippen molar-refractivity contribution in [2.24, 2.45) is 5.92 Å². The summed E-state index contributed by atoms with van der Waals surface area (Å²) in [6, 6.07) is 0. The normalized spacial score (nSPS) is 26.4. The molecule has 1 atom stereocenters. The zero-order valence-corrected chi connectivity index (χ0v) is 8.34. The molecule has 0 amide bonds.